The highest BCUT2D eigenvalue weighted by Gasteiger charge is 2.13. The van der Waals surface area contributed by atoms with Gasteiger partial charge in [-0.05, 0) is 61.3 Å². The lowest BCUT2D eigenvalue weighted by atomic mass is 10.0. The summed E-state index contributed by atoms with van der Waals surface area (Å²) >= 11 is 0. The van der Waals surface area contributed by atoms with Crippen LogP contribution >= 0.6 is 0 Å². The van der Waals surface area contributed by atoms with Crippen molar-refractivity contribution in [3.8, 4) is 11.1 Å². The number of hydrogen-bond donors (Lipinski definition) is 2. The molecule has 0 saturated carbocycles. The van der Waals surface area contributed by atoms with Crippen molar-refractivity contribution >= 4 is 22.5 Å². The van der Waals surface area contributed by atoms with Crippen molar-refractivity contribution in [2.45, 2.75) is 25.8 Å². The van der Waals surface area contributed by atoms with Gasteiger partial charge in [0.1, 0.15) is 5.82 Å². The molecule has 1 saturated heterocycles. The van der Waals surface area contributed by atoms with Crippen LogP contribution in [0.15, 0.2) is 65.8 Å². The Bertz CT molecular complexity index is 1310. The summed E-state index contributed by atoms with van der Waals surface area (Å²) in [6.07, 6.45) is 8.89. The number of fused-ring (bicyclic) bond motifs is 1. The maximum absolute atomic E-state index is 12.0. The van der Waals surface area contributed by atoms with Crippen molar-refractivity contribution in [1.82, 2.24) is 24.6 Å². The van der Waals surface area contributed by atoms with Gasteiger partial charge in [0.05, 0.1) is 17.3 Å². The molecule has 32 heavy (non-hydrogen) atoms. The quantitative estimate of drug-likeness (QED) is 0.467. The minimum Gasteiger partial charge on any atom is -0.422 e. The van der Waals surface area contributed by atoms with Gasteiger partial charge in [-0.25, -0.2) is 9.78 Å². The average molecular weight is 428 g/mol. The molecule has 0 unspecified atom stereocenters. The number of nitrogens with one attached hydrogen (secondary N) is 1. The predicted molar refractivity (Wildman–Crippen MR) is 123 cm³/mol. The average Bonchev–Trinajstić information content (AvgIpc) is 2.83. The van der Waals surface area contributed by atoms with Crippen LogP contribution < -0.4 is 11.0 Å². The molecule has 0 amide bonds. The summed E-state index contributed by atoms with van der Waals surface area (Å²) in [4.78, 5) is 26.9. The SMILES string of the molecule is O=c1nc(Nc2cncc(-c3cccc(CN4CCCCC4)c3)c2)c2cccnc2n1O. The van der Waals surface area contributed by atoms with E-state index in [2.05, 4.69) is 49.4 Å². The molecule has 1 aliphatic rings. The number of aromatic nitrogens is 4. The Kier molecular flexibility index (Phi) is 5.51. The molecule has 5 rings (SSSR count). The van der Waals surface area contributed by atoms with Crippen molar-refractivity contribution in [2.24, 2.45) is 0 Å². The first-order valence-electron chi connectivity index (χ1n) is 10.8. The number of piperidine rings is 1. The van der Waals surface area contributed by atoms with Gasteiger partial charge in [-0.1, -0.05) is 24.6 Å². The van der Waals surface area contributed by atoms with E-state index in [9.17, 15) is 10.0 Å². The molecule has 0 radical (unpaired) electrons. The summed E-state index contributed by atoms with van der Waals surface area (Å²) in [6.45, 7) is 3.28. The predicted octanol–water partition coefficient (Wildman–Crippen LogP) is 3.82. The molecule has 8 heteroatoms. The van der Waals surface area contributed by atoms with Gasteiger partial charge < -0.3 is 10.5 Å². The molecule has 1 aromatic carbocycles. The van der Waals surface area contributed by atoms with Crippen LogP contribution in [0.4, 0.5) is 11.5 Å². The zero-order valence-electron chi connectivity index (χ0n) is 17.6. The van der Waals surface area contributed by atoms with Gasteiger partial charge in [-0.15, -0.1) is 4.73 Å². The van der Waals surface area contributed by atoms with E-state index in [1.165, 1.54) is 31.0 Å². The number of likely N-dealkylation sites (tertiary alicyclic amines) is 1. The lowest BCUT2D eigenvalue weighted by Gasteiger charge is -2.26. The normalized spacial score (nSPS) is 14.5. The van der Waals surface area contributed by atoms with Crippen LogP contribution in [0.5, 0.6) is 0 Å². The Morgan fingerprint density at radius 2 is 1.88 bits per heavy atom. The zero-order chi connectivity index (χ0) is 21.9. The van der Waals surface area contributed by atoms with Gasteiger partial charge >= 0.3 is 5.69 Å². The Hall–Kier alpha value is -3.78. The van der Waals surface area contributed by atoms with Crippen LogP contribution in [0, 0.1) is 0 Å². The van der Waals surface area contributed by atoms with Gasteiger partial charge in [0.15, 0.2) is 5.65 Å². The fourth-order valence-electron chi connectivity index (χ4n) is 4.17. The highest BCUT2D eigenvalue weighted by atomic mass is 16.5. The maximum Gasteiger partial charge on any atom is 0.384 e. The highest BCUT2D eigenvalue weighted by Crippen LogP contribution is 2.26. The minimum atomic E-state index is -0.798. The molecule has 0 spiro atoms. The van der Waals surface area contributed by atoms with Crippen molar-refractivity contribution in [3.05, 3.63) is 77.1 Å². The maximum atomic E-state index is 12.0. The fourth-order valence-corrected chi connectivity index (χ4v) is 4.17. The largest absolute Gasteiger partial charge is 0.422 e. The van der Waals surface area contributed by atoms with E-state index in [4.69, 9.17) is 0 Å². The Morgan fingerprint density at radius 1 is 1.00 bits per heavy atom. The number of rotatable bonds is 5. The molecule has 1 fully saturated rings. The Morgan fingerprint density at radius 3 is 2.75 bits per heavy atom. The topological polar surface area (TPSA) is 96.2 Å². The molecule has 1 aliphatic heterocycles. The summed E-state index contributed by atoms with van der Waals surface area (Å²) in [5, 5.41) is 13.6. The highest BCUT2D eigenvalue weighted by molar-refractivity contribution is 5.88. The second-order valence-electron chi connectivity index (χ2n) is 8.05. The summed E-state index contributed by atoms with van der Waals surface area (Å²) < 4.78 is 0.447. The van der Waals surface area contributed by atoms with Gasteiger partial charge in [0.2, 0.25) is 0 Å². The lowest BCUT2D eigenvalue weighted by Crippen LogP contribution is -2.29. The first-order valence-corrected chi connectivity index (χ1v) is 10.8. The summed E-state index contributed by atoms with van der Waals surface area (Å²) in [6, 6.07) is 14.0. The van der Waals surface area contributed by atoms with E-state index < -0.39 is 5.69 Å². The Balaban J connectivity index is 1.42. The number of nitrogens with zero attached hydrogens (tertiary/aromatic N) is 5. The molecule has 2 N–H and O–H groups in total. The minimum absolute atomic E-state index is 0.143. The Labute approximate surface area is 185 Å². The van der Waals surface area contributed by atoms with E-state index in [-0.39, 0.29) is 5.65 Å². The third-order valence-electron chi connectivity index (χ3n) is 5.75. The number of pyridine rings is 2. The zero-order valence-corrected chi connectivity index (χ0v) is 17.6. The van der Waals surface area contributed by atoms with Crippen LogP contribution in [0.25, 0.3) is 22.2 Å². The second kappa shape index (κ2) is 8.76. The van der Waals surface area contributed by atoms with E-state index in [0.29, 0.717) is 21.6 Å². The third kappa shape index (κ3) is 4.17. The van der Waals surface area contributed by atoms with Crippen LogP contribution in [0.2, 0.25) is 0 Å². The van der Waals surface area contributed by atoms with E-state index in [1.807, 2.05) is 12.3 Å². The lowest BCUT2D eigenvalue weighted by molar-refractivity contribution is 0.182. The standard InChI is InChI=1S/C24H24N6O2/c31-24-28-22(21-8-5-9-26-23(21)30(24)32)27-20-13-19(14-25-15-20)18-7-4-6-17(12-18)16-29-10-2-1-3-11-29/h4-9,12-15,32H,1-3,10-11,16H2,(H,27,28,31). The monoisotopic (exact) mass is 428 g/mol. The first kappa shape index (κ1) is 20.1. The summed E-state index contributed by atoms with van der Waals surface area (Å²) in [7, 11) is 0. The molecular formula is C24H24N6O2. The van der Waals surface area contributed by atoms with Crippen LogP contribution in [0.1, 0.15) is 24.8 Å². The summed E-state index contributed by atoms with van der Waals surface area (Å²) in [5.41, 5.74) is 3.37. The van der Waals surface area contributed by atoms with Gasteiger partial charge in [0, 0.05) is 24.5 Å². The number of benzene rings is 1. The van der Waals surface area contributed by atoms with Crippen molar-refractivity contribution in [2.75, 3.05) is 18.4 Å². The van der Waals surface area contributed by atoms with Crippen molar-refractivity contribution in [1.29, 1.82) is 0 Å². The van der Waals surface area contributed by atoms with E-state index >= 15 is 0 Å². The van der Waals surface area contributed by atoms with E-state index in [1.54, 1.807) is 18.3 Å². The summed E-state index contributed by atoms with van der Waals surface area (Å²) in [5.74, 6) is 0.321. The number of hydrogen-bond acceptors (Lipinski definition) is 7. The third-order valence-corrected chi connectivity index (χ3v) is 5.75. The molecule has 8 nitrogen and oxygen atoms in total. The van der Waals surface area contributed by atoms with Crippen molar-refractivity contribution in [3.63, 3.8) is 0 Å². The molecule has 4 heterocycles. The van der Waals surface area contributed by atoms with Crippen LogP contribution in [-0.2, 0) is 6.54 Å². The molecule has 0 aliphatic carbocycles. The van der Waals surface area contributed by atoms with Crippen molar-refractivity contribution < 1.29 is 5.21 Å². The van der Waals surface area contributed by atoms with Gasteiger partial charge in [-0.2, -0.15) is 4.98 Å². The number of anilines is 2. The van der Waals surface area contributed by atoms with Gasteiger partial charge in [-0.3, -0.25) is 9.88 Å². The van der Waals surface area contributed by atoms with Crippen LogP contribution in [0.3, 0.4) is 0 Å². The molecule has 0 bridgehead atoms. The molecule has 162 valence electrons. The van der Waals surface area contributed by atoms with Crippen LogP contribution in [-0.4, -0.2) is 42.9 Å². The van der Waals surface area contributed by atoms with Gasteiger partial charge in [0.25, 0.3) is 0 Å². The fraction of sp³-hybridized carbons (Fsp3) is 0.250. The molecule has 0 atom stereocenters. The second-order valence-corrected chi connectivity index (χ2v) is 8.05. The molecule has 4 aromatic rings. The molecular weight excluding hydrogens is 404 g/mol. The smallest absolute Gasteiger partial charge is 0.384 e. The first-order chi connectivity index (χ1) is 15.7. The molecule has 3 aromatic heterocycles. The van der Waals surface area contributed by atoms with E-state index in [0.717, 1.165) is 30.8 Å².